The molecule has 10 heteroatoms. The number of fused-ring (bicyclic) bond motifs is 1. The number of carbonyl (C=O) groups is 2. The number of ether oxygens (including phenoxy) is 1. The molecule has 0 saturated carbocycles. The van der Waals surface area contributed by atoms with E-state index in [4.69, 9.17) is 16.3 Å². The number of aryl methyl sites for hydroxylation is 1. The average molecular weight is 495 g/mol. The molecule has 0 spiro atoms. The van der Waals surface area contributed by atoms with Crippen LogP contribution in [0.3, 0.4) is 0 Å². The van der Waals surface area contributed by atoms with Crippen molar-refractivity contribution in [3.63, 3.8) is 0 Å². The van der Waals surface area contributed by atoms with Crippen molar-refractivity contribution in [3.05, 3.63) is 58.6 Å². The summed E-state index contributed by atoms with van der Waals surface area (Å²) in [5, 5.41) is 10.7. The van der Waals surface area contributed by atoms with Gasteiger partial charge in [0.15, 0.2) is 5.69 Å². The van der Waals surface area contributed by atoms with Crippen molar-refractivity contribution >= 4 is 23.4 Å². The van der Waals surface area contributed by atoms with Gasteiger partial charge in [0.25, 0.3) is 5.91 Å². The van der Waals surface area contributed by atoms with E-state index in [0.717, 1.165) is 25.0 Å². The van der Waals surface area contributed by atoms with Gasteiger partial charge in [0.2, 0.25) is 11.8 Å². The average Bonchev–Trinajstić information content (AvgIpc) is 3.39. The van der Waals surface area contributed by atoms with Crippen molar-refractivity contribution in [1.82, 2.24) is 30.4 Å². The SMILES string of the molecule is COc1cc(-c2cc(C(=O)N3CCC(C(=O)N[C@@H]4CCCc5cccnc54)CC3)n[nH]2)c(Cl)cn1. The second-order valence-corrected chi connectivity index (χ2v) is 9.35. The zero-order valence-electron chi connectivity index (χ0n) is 19.5. The van der Waals surface area contributed by atoms with E-state index < -0.39 is 0 Å². The van der Waals surface area contributed by atoms with Crippen LogP contribution in [0.2, 0.25) is 5.02 Å². The summed E-state index contributed by atoms with van der Waals surface area (Å²) in [4.78, 5) is 36.4. The highest BCUT2D eigenvalue weighted by molar-refractivity contribution is 6.33. The van der Waals surface area contributed by atoms with E-state index in [9.17, 15) is 9.59 Å². The molecule has 2 aliphatic rings. The maximum atomic E-state index is 13.0. The Bertz CT molecular complexity index is 1240. The maximum absolute atomic E-state index is 13.0. The molecule has 182 valence electrons. The Kier molecular flexibility index (Phi) is 6.68. The zero-order valence-corrected chi connectivity index (χ0v) is 20.2. The summed E-state index contributed by atoms with van der Waals surface area (Å²) < 4.78 is 5.16. The molecule has 1 atom stereocenters. The van der Waals surface area contributed by atoms with E-state index in [1.807, 2.05) is 6.07 Å². The number of methoxy groups -OCH3 is 1. The lowest BCUT2D eigenvalue weighted by Crippen LogP contribution is -2.44. The van der Waals surface area contributed by atoms with Gasteiger partial charge in [-0.1, -0.05) is 17.7 Å². The van der Waals surface area contributed by atoms with Crippen LogP contribution in [0.5, 0.6) is 5.88 Å². The van der Waals surface area contributed by atoms with Gasteiger partial charge in [-0.25, -0.2) is 4.98 Å². The highest BCUT2D eigenvalue weighted by Crippen LogP contribution is 2.31. The third-order valence-corrected chi connectivity index (χ3v) is 7.09. The highest BCUT2D eigenvalue weighted by atomic mass is 35.5. The third kappa shape index (κ3) is 4.86. The summed E-state index contributed by atoms with van der Waals surface area (Å²) in [6.45, 7) is 1.00. The number of nitrogens with one attached hydrogen (secondary N) is 2. The Hall–Kier alpha value is -3.46. The lowest BCUT2D eigenvalue weighted by molar-refractivity contribution is -0.127. The largest absolute Gasteiger partial charge is 0.481 e. The van der Waals surface area contributed by atoms with Gasteiger partial charge in [-0.15, -0.1) is 0 Å². The first-order valence-corrected chi connectivity index (χ1v) is 12.2. The van der Waals surface area contributed by atoms with E-state index in [2.05, 4.69) is 31.5 Å². The summed E-state index contributed by atoms with van der Waals surface area (Å²) in [6, 6.07) is 7.36. The number of nitrogens with zero attached hydrogens (tertiary/aromatic N) is 4. The Morgan fingerprint density at radius 2 is 2.03 bits per heavy atom. The summed E-state index contributed by atoms with van der Waals surface area (Å²) in [5.41, 5.74) is 3.77. The van der Waals surface area contributed by atoms with Crippen LogP contribution < -0.4 is 10.1 Å². The molecule has 5 rings (SSSR count). The van der Waals surface area contributed by atoms with Crippen LogP contribution in [0, 0.1) is 5.92 Å². The van der Waals surface area contributed by atoms with E-state index in [-0.39, 0.29) is 23.8 Å². The monoisotopic (exact) mass is 494 g/mol. The molecule has 4 heterocycles. The van der Waals surface area contributed by atoms with Gasteiger partial charge >= 0.3 is 0 Å². The third-order valence-electron chi connectivity index (χ3n) is 6.79. The molecule has 0 aromatic carbocycles. The summed E-state index contributed by atoms with van der Waals surface area (Å²) in [6.07, 6.45) is 7.46. The quantitative estimate of drug-likeness (QED) is 0.560. The van der Waals surface area contributed by atoms with Crippen molar-refractivity contribution in [1.29, 1.82) is 0 Å². The van der Waals surface area contributed by atoms with Crippen molar-refractivity contribution in [2.75, 3.05) is 20.2 Å². The number of aromatic nitrogens is 4. The second-order valence-electron chi connectivity index (χ2n) is 8.94. The first-order valence-electron chi connectivity index (χ1n) is 11.8. The number of hydrogen-bond donors (Lipinski definition) is 2. The van der Waals surface area contributed by atoms with Gasteiger partial charge in [-0.2, -0.15) is 5.10 Å². The number of halogens is 1. The second kappa shape index (κ2) is 10.0. The number of carbonyl (C=O) groups excluding carboxylic acids is 2. The van der Waals surface area contributed by atoms with Gasteiger partial charge in [-0.05, 0) is 49.8 Å². The Balaban J connectivity index is 1.19. The molecule has 0 radical (unpaired) electrons. The molecule has 1 aliphatic carbocycles. The molecule has 1 saturated heterocycles. The minimum absolute atomic E-state index is 0.0341. The Labute approximate surface area is 208 Å². The predicted octanol–water partition coefficient (Wildman–Crippen LogP) is 3.57. The minimum atomic E-state index is -0.172. The lowest BCUT2D eigenvalue weighted by atomic mass is 9.90. The van der Waals surface area contributed by atoms with Gasteiger partial charge in [0, 0.05) is 36.8 Å². The van der Waals surface area contributed by atoms with Crippen LogP contribution in [0.15, 0.2) is 36.7 Å². The molecule has 3 aromatic rings. The molecule has 35 heavy (non-hydrogen) atoms. The van der Waals surface area contributed by atoms with Crippen molar-refractivity contribution in [2.24, 2.45) is 5.92 Å². The number of pyridine rings is 2. The molecule has 1 aliphatic heterocycles. The fourth-order valence-corrected chi connectivity index (χ4v) is 5.06. The molecule has 9 nitrogen and oxygen atoms in total. The molecule has 1 fully saturated rings. The van der Waals surface area contributed by atoms with Crippen LogP contribution in [0.25, 0.3) is 11.3 Å². The Morgan fingerprint density at radius 3 is 2.83 bits per heavy atom. The lowest BCUT2D eigenvalue weighted by Gasteiger charge is -2.32. The van der Waals surface area contributed by atoms with Crippen molar-refractivity contribution in [3.8, 4) is 17.1 Å². The number of piperidine rings is 1. The number of amides is 2. The molecular weight excluding hydrogens is 468 g/mol. The smallest absolute Gasteiger partial charge is 0.274 e. The van der Waals surface area contributed by atoms with Gasteiger partial charge in [0.1, 0.15) is 0 Å². The molecule has 0 unspecified atom stereocenters. The standard InChI is InChI=1S/C25H27ClN6O3/c1-35-22-12-17(18(26)14-28-22)20-13-21(31-30-20)25(34)32-10-7-16(8-11-32)24(33)29-19-6-2-4-15-5-3-9-27-23(15)19/h3,5,9,12-14,16,19H,2,4,6-8,10-11H2,1H3,(H,29,33)(H,30,31)/t19-/m1/s1. The molecule has 2 N–H and O–H groups in total. The predicted molar refractivity (Wildman–Crippen MR) is 130 cm³/mol. The number of hydrogen-bond acceptors (Lipinski definition) is 6. The number of rotatable bonds is 5. The van der Waals surface area contributed by atoms with Crippen LogP contribution in [0.4, 0.5) is 0 Å². The number of likely N-dealkylation sites (tertiary alicyclic amines) is 1. The molecule has 0 bridgehead atoms. The normalized spacial score (nSPS) is 18.1. The Morgan fingerprint density at radius 1 is 1.20 bits per heavy atom. The fraction of sp³-hybridized carbons (Fsp3) is 0.400. The molecule has 3 aromatic heterocycles. The van der Waals surface area contributed by atoms with Crippen molar-refractivity contribution in [2.45, 2.75) is 38.1 Å². The van der Waals surface area contributed by atoms with E-state index in [1.165, 1.54) is 18.9 Å². The van der Waals surface area contributed by atoms with E-state index in [0.29, 0.717) is 53.8 Å². The van der Waals surface area contributed by atoms with Gasteiger partial charge in [0.05, 0.1) is 35.8 Å². The topological polar surface area (TPSA) is 113 Å². The number of aromatic amines is 1. The molecule has 2 amide bonds. The van der Waals surface area contributed by atoms with E-state index in [1.54, 1.807) is 23.2 Å². The first kappa shape index (κ1) is 23.3. The summed E-state index contributed by atoms with van der Waals surface area (Å²) >= 11 is 6.27. The van der Waals surface area contributed by atoms with Crippen LogP contribution in [0.1, 0.15) is 53.5 Å². The summed E-state index contributed by atoms with van der Waals surface area (Å²) in [5.74, 6) is 0.170. The zero-order chi connectivity index (χ0) is 24.4. The maximum Gasteiger partial charge on any atom is 0.274 e. The minimum Gasteiger partial charge on any atom is -0.481 e. The molecular formula is C25H27ClN6O3. The van der Waals surface area contributed by atoms with Gasteiger partial charge < -0.3 is 15.0 Å². The van der Waals surface area contributed by atoms with Crippen LogP contribution >= 0.6 is 11.6 Å². The van der Waals surface area contributed by atoms with Crippen LogP contribution in [-0.2, 0) is 11.2 Å². The first-order chi connectivity index (χ1) is 17.0. The van der Waals surface area contributed by atoms with Crippen LogP contribution in [-0.4, -0.2) is 57.1 Å². The van der Waals surface area contributed by atoms with Gasteiger partial charge in [-0.3, -0.25) is 19.7 Å². The van der Waals surface area contributed by atoms with E-state index >= 15 is 0 Å². The van der Waals surface area contributed by atoms with Crippen molar-refractivity contribution < 1.29 is 14.3 Å². The fourth-order valence-electron chi connectivity index (χ4n) is 4.85. The highest BCUT2D eigenvalue weighted by Gasteiger charge is 2.31. The number of H-pyrrole nitrogens is 1. The summed E-state index contributed by atoms with van der Waals surface area (Å²) in [7, 11) is 1.52.